The minimum absolute atomic E-state index is 0.00432. The lowest BCUT2D eigenvalue weighted by Crippen LogP contribution is -2.48. The van der Waals surface area contributed by atoms with Crippen molar-refractivity contribution < 1.29 is 197 Å². The van der Waals surface area contributed by atoms with Gasteiger partial charge in [0, 0.05) is 6.42 Å². The van der Waals surface area contributed by atoms with Crippen molar-refractivity contribution in [1.29, 1.82) is 0 Å². The third kappa shape index (κ3) is 98.5. The molecule has 0 amide bonds. The molecular weight excluding hydrogens is 1880 g/mol. The van der Waals surface area contributed by atoms with E-state index in [-0.39, 0.29) is 37.0 Å². The molecular formula is C81H149N17O40S. The van der Waals surface area contributed by atoms with Crippen LogP contribution in [0.5, 0.6) is 5.75 Å². The lowest BCUT2D eigenvalue weighted by molar-refractivity contribution is -0.165. The fraction of sp³-hybridized carbons (Fsp3) is 0.605. The van der Waals surface area contributed by atoms with Gasteiger partial charge in [0.2, 0.25) is 0 Å². The summed E-state index contributed by atoms with van der Waals surface area (Å²) in [6.07, 6.45) is 1.58. The Bertz CT molecular complexity index is 3820. The first-order valence-electron chi connectivity index (χ1n) is 41.2. The number of carboxylic acids is 15. The van der Waals surface area contributed by atoms with Crippen LogP contribution in [-0.2, 0) is 123 Å². The molecule has 0 aliphatic heterocycles. The average Bonchev–Trinajstić information content (AvgIpc) is 0.876. The summed E-state index contributed by atoms with van der Waals surface area (Å²) in [5, 5.41) is 130. The second-order valence-corrected chi connectivity index (χ2v) is 31.6. The van der Waals surface area contributed by atoms with Gasteiger partial charge in [0.25, 0.3) is 0 Å². The number of thioether (sulfide) groups is 1. The second kappa shape index (κ2) is 87.2. The van der Waals surface area contributed by atoms with Crippen LogP contribution in [-0.4, -0.2) is 336 Å². The summed E-state index contributed by atoms with van der Waals surface area (Å²) in [7, 11) is 0. The minimum atomic E-state index is -1.41. The van der Waals surface area contributed by atoms with E-state index >= 15 is 0 Å². The summed E-state index contributed by atoms with van der Waals surface area (Å²) >= 11 is 1.53. The SMILES string of the molecule is CC(C)C[C@H](N)C(=O)O.CC(C)C[C@H](N)C(=O)O.CC(C)[C@H](N)C(=O)O.CC(C)[C@H](N)C(=O)O.CC(C)[C@H](N)C(=O)Oc1ccc(C[C@H](N)C(=O)O)cc1.CSCC[C@H](N)C(=O)OC[C@H](N)C(=O)O[C@H](C)[C@H](N)C(=O)OC(=O)CN.C[C@H](N)C(=O)O.C[C@H](N)C(=O)O.N[C@@H](CC(=O)O)C(=O)O.N[C@@H](CC(=O)O)C(=O)O.N[C@@H](CCC(=O)O)C(=O)O.N[C@@H](CO)C(=O)O.N[C@@H](Cc1ccccc1)C(=O)O. The first-order chi connectivity index (χ1) is 63.4. The van der Waals surface area contributed by atoms with E-state index in [1.165, 1.54) is 32.5 Å². The van der Waals surface area contributed by atoms with Crippen molar-refractivity contribution in [1.82, 2.24) is 0 Å². The minimum Gasteiger partial charge on any atom is -0.481 e. The first kappa shape index (κ1) is 150. The predicted octanol–water partition coefficient (Wildman–Crippen LogP) is -6.37. The Morgan fingerprint density at radius 3 is 0.885 bits per heavy atom. The van der Waals surface area contributed by atoms with Crippen molar-refractivity contribution in [2.24, 2.45) is 127 Å². The number of aliphatic hydroxyl groups is 1. The number of benzene rings is 2. The predicted molar refractivity (Wildman–Crippen MR) is 498 cm³/mol. The smallest absolute Gasteiger partial charge is 0.334 e. The highest BCUT2D eigenvalue weighted by molar-refractivity contribution is 7.98. The van der Waals surface area contributed by atoms with Crippen LogP contribution in [0.25, 0.3) is 0 Å². The van der Waals surface area contributed by atoms with Gasteiger partial charge < -0.3 is 198 Å². The number of carbonyl (C=O) groups excluding carboxylic acids is 5. The molecule has 0 radical (unpaired) electrons. The maximum absolute atomic E-state index is 11.8. The molecule has 2 rings (SSSR count). The molecule has 57 nitrogen and oxygen atoms in total. The molecule has 0 fully saturated rings. The van der Waals surface area contributed by atoms with E-state index in [2.05, 4.69) is 4.74 Å². The number of carboxylic acid groups (broad SMARTS) is 15. The Balaban J connectivity index is -0.000000146. The molecule has 0 saturated carbocycles. The van der Waals surface area contributed by atoms with Gasteiger partial charge in [-0.3, -0.25) is 86.3 Å². The monoisotopic (exact) mass is 2030 g/mol. The maximum Gasteiger partial charge on any atom is 0.334 e. The van der Waals surface area contributed by atoms with Gasteiger partial charge in [-0.05, 0) is 124 Å². The number of carbonyl (C=O) groups is 20. The van der Waals surface area contributed by atoms with Crippen molar-refractivity contribution in [3.05, 3.63) is 65.7 Å². The van der Waals surface area contributed by atoms with Crippen LogP contribution < -0.4 is 102 Å². The number of nitrogens with two attached hydrogens (primary N) is 17. The summed E-state index contributed by atoms with van der Waals surface area (Å²) in [6, 6.07) is 0.911. The zero-order chi connectivity index (χ0) is 112. The average molecular weight is 2030 g/mol. The first-order valence-corrected chi connectivity index (χ1v) is 42.5. The lowest BCUT2D eigenvalue weighted by Gasteiger charge is -2.21. The molecule has 0 bridgehead atoms. The molecule has 0 spiro atoms. The highest BCUT2D eigenvalue weighted by atomic mass is 32.2. The van der Waals surface area contributed by atoms with Crippen LogP contribution in [0.3, 0.4) is 0 Å². The van der Waals surface area contributed by atoms with Crippen molar-refractivity contribution in [2.45, 2.75) is 251 Å². The zero-order valence-corrected chi connectivity index (χ0v) is 80.6. The van der Waals surface area contributed by atoms with E-state index in [0.717, 1.165) is 11.1 Å². The van der Waals surface area contributed by atoms with Crippen LogP contribution in [0, 0.1) is 29.6 Å². The number of ether oxygens (including phenoxy) is 4. The van der Waals surface area contributed by atoms with Crippen LogP contribution in [0.1, 0.15) is 146 Å². The number of aliphatic carboxylic acids is 15. The number of esters is 5. The molecule has 0 unspecified atom stereocenters. The van der Waals surface area contributed by atoms with Crippen LogP contribution in [0.15, 0.2) is 54.6 Å². The number of rotatable bonds is 44. The Hall–Kier alpha value is -12.3. The van der Waals surface area contributed by atoms with Crippen molar-refractivity contribution >= 4 is 131 Å². The molecule has 0 aliphatic rings. The van der Waals surface area contributed by atoms with Crippen LogP contribution in [0.2, 0.25) is 0 Å². The Morgan fingerprint density at radius 1 is 0.331 bits per heavy atom. The summed E-state index contributed by atoms with van der Waals surface area (Å²) in [6.45, 7) is 21.3. The fourth-order valence-electron chi connectivity index (χ4n) is 6.73. The third-order valence-corrected chi connectivity index (χ3v) is 16.1. The Morgan fingerprint density at radius 2 is 0.655 bits per heavy atom. The standard InChI is InChI=1S/C14H26N4O7S.C14H20N2O4.C9H11NO2.2C6H13NO2.C5H9NO4.2C5H11NO2.2C4H7NO4.C3H7NO3.2C3H7NO2/c1-7(11(18)14(22)25-10(19)5-15)24-13(21)9(17)6-23-12(20)8(16)3-4-26-2;1-8(2)12(16)14(19)20-10-5-3-9(4-6-10)7-11(15)13(17)18;10-8(9(11)12)6-7-4-2-1-3-5-7;2*1-4(2)3-5(7)6(8)9;6-3(5(9)10)1-2-4(7)8;2*1-3(2)4(6)5(7)8;2*5-2(4(8)9)1-3(6)7;4-2(1-5)3(6)7;2*1-2(4)3(5)6/h7-9,11H,3-6,15-18H2,1-2H3;3-6,8,11-12H,7,15-16H2,1-2H3,(H,17,18);1-5,8H,6,10H2,(H,11,12);2*4-5H,3,7H2,1-2H3,(H,8,9);3H,1-2,6H2,(H,7,8)(H,9,10);2*3-4H,6H2,1-2H3,(H,7,8);2*2H,1,5H2,(H,6,7)(H,8,9);2,5H,1,4H2,(H,6,7);2*2H,4H2,1H3,(H,5,6)/t7-,8+,9+,11+;11-,12-;8-;2*5-;3-;2*4-;5*2-/m1000000000000/s1. The van der Waals surface area contributed by atoms with Gasteiger partial charge in [-0.25, -0.2) is 9.59 Å². The van der Waals surface area contributed by atoms with Gasteiger partial charge in [0.1, 0.15) is 115 Å². The molecule has 139 heavy (non-hydrogen) atoms. The molecule has 17 atom stereocenters. The number of hydrogen-bond acceptors (Lipinski definition) is 43. The summed E-state index contributed by atoms with van der Waals surface area (Å²) in [5.41, 5.74) is 89.8. The highest BCUT2D eigenvalue weighted by Gasteiger charge is 2.31. The molecule has 0 heterocycles. The van der Waals surface area contributed by atoms with Gasteiger partial charge in [0.15, 0.2) is 0 Å². The lowest BCUT2D eigenvalue weighted by atomic mass is 10.1. The quantitative estimate of drug-likeness (QED) is 0.0127. The highest BCUT2D eigenvalue weighted by Crippen LogP contribution is 2.16. The largest absolute Gasteiger partial charge is 0.481 e. The zero-order valence-electron chi connectivity index (χ0n) is 79.8. The molecule has 0 saturated heterocycles. The molecule has 50 N–H and O–H groups in total. The fourth-order valence-corrected chi connectivity index (χ4v) is 7.22. The summed E-state index contributed by atoms with van der Waals surface area (Å²) < 4.78 is 19.2. The van der Waals surface area contributed by atoms with E-state index in [1.54, 1.807) is 52.0 Å². The number of hydrogen-bond donors (Lipinski definition) is 33. The molecule has 0 aliphatic carbocycles. The van der Waals surface area contributed by atoms with E-state index < -0.39 is 255 Å². The van der Waals surface area contributed by atoms with Gasteiger partial charge in [-0.1, -0.05) is 112 Å². The number of aliphatic hydroxyl groups excluding tert-OH is 1. The summed E-state index contributed by atoms with van der Waals surface area (Å²) in [4.78, 5) is 207. The Labute approximate surface area is 805 Å². The van der Waals surface area contributed by atoms with E-state index in [9.17, 15) is 95.9 Å². The van der Waals surface area contributed by atoms with E-state index in [1.807, 2.05) is 78.1 Å². The van der Waals surface area contributed by atoms with Crippen molar-refractivity contribution in [3.8, 4) is 5.75 Å². The molecule has 58 heteroatoms. The normalized spacial score (nSPS) is 13.7. The maximum atomic E-state index is 11.8. The molecule has 804 valence electrons. The molecule has 0 aromatic heterocycles. The van der Waals surface area contributed by atoms with Gasteiger partial charge in [0.05, 0.1) is 26.0 Å². The summed E-state index contributed by atoms with van der Waals surface area (Å²) in [5.74, 6) is -18.4. The second-order valence-electron chi connectivity index (χ2n) is 30.6. The van der Waals surface area contributed by atoms with Gasteiger partial charge >= 0.3 is 119 Å². The van der Waals surface area contributed by atoms with Gasteiger partial charge in [-0.15, -0.1) is 0 Å². The third-order valence-electron chi connectivity index (χ3n) is 15.4. The van der Waals surface area contributed by atoms with E-state index in [0.29, 0.717) is 49.0 Å². The van der Waals surface area contributed by atoms with Crippen molar-refractivity contribution in [3.63, 3.8) is 0 Å². The van der Waals surface area contributed by atoms with E-state index in [4.69, 9.17) is 193 Å². The molecule has 2 aromatic rings. The van der Waals surface area contributed by atoms with Crippen LogP contribution >= 0.6 is 11.8 Å². The molecule has 2 aromatic carbocycles. The van der Waals surface area contributed by atoms with Crippen molar-refractivity contribution in [2.75, 3.05) is 31.8 Å². The van der Waals surface area contributed by atoms with Gasteiger partial charge in [-0.2, -0.15) is 11.8 Å². The van der Waals surface area contributed by atoms with Crippen LogP contribution in [0.4, 0.5) is 0 Å². The Kier molecular flexibility index (Phi) is 93.8. The topological polar surface area (TPSA) is 1140 Å².